The van der Waals surface area contributed by atoms with Gasteiger partial charge in [-0.25, -0.2) is 14.4 Å². The van der Waals surface area contributed by atoms with Crippen LogP contribution < -0.4 is 15.4 Å². The third kappa shape index (κ3) is 5.66. The highest BCUT2D eigenvalue weighted by Crippen LogP contribution is 2.35. The van der Waals surface area contributed by atoms with E-state index in [2.05, 4.69) is 25.5 Å². The minimum absolute atomic E-state index is 0. The zero-order valence-electron chi connectivity index (χ0n) is 15.5. The summed E-state index contributed by atoms with van der Waals surface area (Å²) in [6, 6.07) is 2.85. The number of carbonyl (C=O) groups excluding carboxylic acids is 1. The van der Waals surface area contributed by atoms with Crippen molar-refractivity contribution in [3.8, 4) is 5.88 Å². The first-order valence-corrected chi connectivity index (χ1v) is 9.15. The first-order valence-electron chi connectivity index (χ1n) is 9.15. The molecule has 1 amide bonds. The number of likely N-dealkylation sites (tertiary alicyclic amines) is 1. The van der Waals surface area contributed by atoms with E-state index in [9.17, 15) is 9.18 Å². The molecule has 150 valence electrons. The van der Waals surface area contributed by atoms with Crippen molar-refractivity contribution in [2.45, 2.75) is 26.2 Å². The van der Waals surface area contributed by atoms with Gasteiger partial charge in [0.05, 0.1) is 6.54 Å². The lowest BCUT2D eigenvalue weighted by molar-refractivity contribution is -0.119. The van der Waals surface area contributed by atoms with Crippen molar-refractivity contribution in [3.05, 3.63) is 24.1 Å². The maximum absolute atomic E-state index is 13.5. The fourth-order valence-electron chi connectivity index (χ4n) is 3.63. The number of aliphatic imine (C=N–C) groups is 1. The van der Waals surface area contributed by atoms with E-state index in [-0.39, 0.29) is 47.8 Å². The molecule has 2 aliphatic rings. The molecular formula is C18H27FIN5O2. The Morgan fingerprint density at radius 1 is 1.56 bits per heavy atom. The largest absolute Gasteiger partial charge is 0.474 e. The summed E-state index contributed by atoms with van der Waals surface area (Å²) < 4.78 is 18.9. The minimum Gasteiger partial charge on any atom is -0.474 e. The molecule has 0 radical (unpaired) electrons. The molecule has 3 rings (SSSR count). The highest BCUT2D eigenvalue weighted by Gasteiger charge is 2.42. The second-order valence-corrected chi connectivity index (χ2v) is 6.85. The molecule has 0 aliphatic carbocycles. The van der Waals surface area contributed by atoms with Crippen molar-refractivity contribution in [1.29, 1.82) is 0 Å². The lowest BCUT2D eigenvalue weighted by Crippen LogP contribution is -2.51. The Hall–Kier alpha value is -1.65. The third-order valence-electron chi connectivity index (χ3n) is 4.81. The van der Waals surface area contributed by atoms with Gasteiger partial charge in [-0.15, -0.1) is 24.0 Å². The molecule has 1 spiro atoms. The summed E-state index contributed by atoms with van der Waals surface area (Å²) >= 11 is 0. The predicted molar refractivity (Wildman–Crippen MR) is 112 cm³/mol. The Bertz CT molecular complexity index is 675. The quantitative estimate of drug-likeness (QED) is 0.284. The molecule has 2 saturated heterocycles. The number of hydrogen-bond acceptors (Lipinski definition) is 4. The van der Waals surface area contributed by atoms with Gasteiger partial charge in [0, 0.05) is 44.2 Å². The predicted octanol–water partition coefficient (Wildman–Crippen LogP) is 1.79. The third-order valence-corrected chi connectivity index (χ3v) is 4.81. The summed E-state index contributed by atoms with van der Waals surface area (Å²) in [4.78, 5) is 22.4. The SMILES string of the molecule is CCNC(=NCCOc1ncccc1F)N1CCCC2(CNC(=O)C2)C1.I. The van der Waals surface area contributed by atoms with Gasteiger partial charge < -0.3 is 20.3 Å². The van der Waals surface area contributed by atoms with E-state index in [1.165, 1.54) is 18.3 Å². The van der Waals surface area contributed by atoms with Crippen molar-refractivity contribution in [2.75, 3.05) is 39.3 Å². The molecule has 0 aromatic carbocycles. The molecule has 7 nitrogen and oxygen atoms in total. The van der Waals surface area contributed by atoms with Gasteiger partial charge in [-0.2, -0.15) is 0 Å². The zero-order valence-corrected chi connectivity index (χ0v) is 17.9. The second kappa shape index (κ2) is 10.0. The van der Waals surface area contributed by atoms with Gasteiger partial charge in [0.15, 0.2) is 11.8 Å². The van der Waals surface area contributed by atoms with E-state index in [0.717, 1.165) is 45.0 Å². The van der Waals surface area contributed by atoms with Crippen LogP contribution >= 0.6 is 24.0 Å². The van der Waals surface area contributed by atoms with Crippen molar-refractivity contribution < 1.29 is 13.9 Å². The van der Waals surface area contributed by atoms with E-state index in [4.69, 9.17) is 4.74 Å². The molecule has 3 heterocycles. The van der Waals surface area contributed by atoms with Gasteiger partial charge in [-0.1, -0.05) is 0 Å². The van der Waals surface area contributed by atoms with Crippen LogP contribution in [-0.4, -0.2) is 61.1 Å². The Morgan fingerprint density at radius 2 is 2.41 bits per heavy atom. The topological polar surface area (TPSA) is 78.9 Å². The lowest BCUT2D eigenvalue weighted by atomic mass is 9.79. The van der Waals surface area contributed by atoms with Crippen LogP contribution in [0.2, 0.25) is 0 Å². The highest BCUT2D eigenvalue weighted by atomic mass is 127. The fraction of sp³-hybridized carbons (Fsp3) is 0.611. The number of nitrogens with one attached hydrogen (secondary N) is 2. The molecule has 2 N–H and O–H groups in total. The van der Waals surface area contributed by atoms with Crippen LogP contribution in [-0.2, 0) is 4.79 Å². The standard InChI is InChI=1S/C18H26FN5O2.HI/c1-2-20-17(22-8-10-26-16-14(19)5-3-7-21-16)24-9-4-6-18(13-24)11-15(25)23-12-18;/h3,5,7H,2,4,6,8-13H2,1H3,(H,20,22)(H,23,25);1H. The van der Waals surface area contributed by atoms with Crippen molar-refractivity contribution >= 4 is 35.8 Å². The number of hydrogen-bond donors (Lipinski definition) is 2. The first kappa shape index (κ1) is 21.6. The molecule has 0 bridgehead atoms. The van der Waals surface area contributed by atoms with Gasteiger partial charge in [-0.05, 0) is 31.9 Å². The monoisotopic (exact) mass is 491 g/mol. The first-order chi connectivity index (χ1) is 12.6. The normalized spacial score (nSPS) is 22.4. The van der Waals surface area contributed by atoms with Gasteiger partial charge >= 0.3 is 0 Å². The average molecular weight is 491 g/mol. The summed E-state index contributed by atoms with van der Waals surface area (Å²) in [5.74, 6) is 0.482. The molecule has 1 aromatic rings. The Morgan fingerprint density at radius 3 is 3.11 bits per heavy atom. The van der Waals surface area contributed by atoms with E-state index >= 15 is 0 Å². The zero-order chi connectivity index (χ0) is 18.4. The van der Waals surface area contributed by atoms with Crippen LogP contribution in [0.1, 0.15) is 26.2 Å². The average Bonchev–Trinajstić information content (AvgIpc) is 2.99. The Balaban J connectivity index is 0.00000261. The number of aromatic nitrogens is 1. The number of pyridine rings is 1. The van der Waals surface area contributed by atoms with Crippen LogP contribution in [0.15, 0.2) is 23.3 Å². The number of halogens is 2. The van der Waals surface area contributed by atoms with Crippen LogP contribution in [0, 0.1) is 11.2 Å². The van der Waals surface area contributed by atoms with Crippen LogP contribution in [0.4, 0.5) is 4.39 Å². The molecule has 9 heteroatoms. The number of carbonyl (C=O) groups is 1. The maximum atomic E-state index is 13.5. The summed E-state index contributed by atoms with van der Waals surface area (Å²) in [6.45, 7) is 5.90. The molecular weight excluding hydrogens is 464 g/mol. The Kier molecular flexibility index (Phi) is 8.06. The van der Waals surface area contributed by atoms with E-state index in [0.29, 0.717) is 13.0 Å². The number of rotatable bonds is 5. The molecule has 1 aromatic heterocycles. The number of guanidine groups is 1. The molecule has 27 heavy (non-hydrogen) atoms. The van der Waals surface area contributed by atoms with E-state index in [1.54, 1.807) is 0 Å². The van der Waals surface area contributed by atoms with Crippen molar-refractivity contribution in [2.24, 2.45) is 10.4 Å². The maximum Gasteiger partial charge on any atom is 0.250 e. The van der Waals surface area contributed by atoms with Crippen LogP contribution in [0.25, 0.3) is 0 Å². The summed E-state index contributed by atoms with van der Waals surface area (Å²) in [5, 5.41) is 6.26. The van der Waals surface area contributed by atoms with Gasteiger partial charge in [0.2, 0.25) is 11.8 Å². The smallest absolute Gasteiger partial charge is 0.250 e. The van der Waals surface area contributed by atoms with Crippen molar-refractivity contribution in [3.63, 3.8) is 0 Å². The van der Waals surface area contributed by atoms with Crippen LogP contribution in [0.5, 0.6) is 5.88 Å². The highest BCUT2D eigenvalue weighted by molar-refractivity contribution is 14.0. The number of nitrogens with zero attached hydrogens (tertiary/aromatic N) is 3. The summed E-state index contributed by atoms with van der Waals surface area (Å²) in [7, 11) is 0. The fourth-order valence-corrected chi connectivity index (χ4v) is 3.63. The summed E-state index contributed by atoms with van der Waals surface area (Å²) in [5.41, 5.74) is 0.0130. The van der Waals surface area contributed by atoms with Gasteiger partial charge in [0.25, 0.3) is 0 Å². The molecule has 2 aliphatic heterocycles. The number of piperidine rings is 1. The number of amides is 1. The van der Waals surface area contributed by atoms with Gasteiger partial charge in [-0.3, -0.25) is 4.79 Å². The van der Waals surface area contributed by atoms with E-state index in [1.807, 2.05) is 6.92 Å². The van der Waals surface area contributed by atoms with Crippen molar-refractivity contribution in [1.82, 2.24) is 20.5 Å². The minimum atomic E-state index is -0.472. The Labute approximate surface area is 176 Å². The molecule has 1 atom stereocenters. The molecule has 0 saturated carbocycles. The lowest BCUT2D eigenvalue weighted by Gasteiger charge is -2.40. The van der Waals surface area contributed by atoms with E-state index < -0.39 is 5.82 Å². The van der Waals surface area contributed by atoms with Gasteiger partial charge in [0.1, 0.15) is 6.61 Å². The van der Waals surface area contributed by atoms with Crippen LogP contribution in [0.3, 0.4) is 0 Å². The molecule has 1 unspecified atom stereocenters. The number of ether oxygens (including phenoxy) is 1. The summed E-state index contributed by atoms with van der Waals surface area (Å²) in [6.07, 6.45) is 4.18. The molecule has 2 fully saturated rings. The second-order valence-electron chi connectivity index (χ2n) is 6.85.